The molecule has 1 N–H and O–H groups in total. The lowest BCUT2D eigenvalue weighted by molar-refractivity contribution is -0.116. The van der Waals surface area contributed by atoms with Crippen molar-refractivity contribution in [2.24, 2.45) is 0 Å². The molecule has 0 aliphatic carbocycles. The molecule has 0 spiro atoms. The Hall–Kier alpha value is -1.66. The van der Waals surface area contributed by atoms with E-state index in [4.69, 9.17) is 4.74 Å². The van der Waals surface area contributed by atoms with Gasteiger partial charge < -0.3 is 15.0 Å². The van der Waals surface area contributed by atoms with E-state index < -0.39 is 0 Å². The van der Waals surface area contributed by atoms with Gasteiger partial charge in [-0.05, 0) is 38.2 Å². The second-order valence-corrected chi connectivity index (χ2v) is 6.34. The zero-order chi connectivity index (χ0) is 15.9. The molecule has 0 aliphatic heterocycles. The SMILES string of the molecule is CCCCN(C)CCC(=O)Nc1nc2ccc(OC)cc2s1. The highest BCUT2D eigenvalue weighted by Gasteiger charge is 2.09. The number of carbonyl (C=O) groups is 1. The average Bonchev–Trinajstić information content (AvgIpc) is 2.91. The fraction of sp³-hybridized carbons (Fsp3) is 0.500. The first-order chi connectivity index (χ1) is 10.6. The average molecular weight is 321 g/mol. The molecule has 0 saturated heterocycles. The Morgan fingerprint density at radius 1 is 1.41 bits per heavy atom. The van der Waals surface area contributed by atoms with E-state index in [1.807, 2.05) is 25.2 Å². The summed E-state index contributed by atoms with van der Waals surface area (Å²) in [5, 5.41) is 3.52. The lowest BCUT2D eigenvalue weighted by Gasteiger charge is -2.15. The van der Waals surface area contributed by atoms with Gasteiger partial charge in [0.05, 0.1) is 17.3 Å². The van der Waals surface area contributed by atoms with Gasteiger partial charge in [-0.1, -0.05) is 24.7 Å². The summed E-state index contributed by atoms with van der Waals surface area (Å²) in [6, 6.07) is 5.70. The number of hydrogen-bond donors (Lipinski definition) is 1. The van der Waals surface area contributed by atoms with Crippen LogP contribution in [0.15, 0.2) is 18.2 Å². The molecule has 1 amide bonds. The first-order valence-corrected chi connectivity index (χ1v) is 8.37. The van der Waals surface area contributed by atoms with E-state index in [0.29, 0.717) is 11.6 Å². The molecule has 22 heavy (non-hydrogen) atoms. The number of fused-ring (bicyclic) bond motifs is 1. The summed E-state index contributed by atoms with van der Waals surface area (Å²) < 4.78 is 6.20. The van der Waals surface area contributed by atoms with Gasteiger partial charge in [0.25, 0.3) is 0 Å². The van der Waals surface area contributed by atoms with E-state index in [0.717, 1.165) is 35.5 Å². The van der Waals surface area contributed by atoms with Crippen molar-refractivity contribution in [2.75, 3.05) is 32.6 Å². The molecular formula is C16H23N3O2S. The highest BCUT2D eigenvalue weighted by atomic mass is 32.1. The number of carbonyl (C=O) groups excluding carboxylic acids is 1. The Morgan fingerprint density at radius 2 is 2.23 bits per heavy atom. The van der Waals surface area contributed by atoms with Crippen molar-refractivity contribution in [3.63, 3.8) is 0 Å². The minimum absolute atomic E-state index is 0.00868. The number of anilines is 1. The van der Waals surface area contributed by atoms with Gasteiger partial charge in [-0.2, -0.15) is 0 Å². The van der Waals surface area contributed by atoms with Crippen molar-refractivity contribution < 1.29 is 9.53 Å². The molecule has 0 radical (unpaired) electrons. The first kappa shape index (κ1) is 16.7. The predicted molar refractivity (Wildman–Crippen MR) is 91.8 cm³/mol. The Balaban J connectivity index is 1.88. The normalized spacial score (nSPS) is 11.1. The highest BCUT2D eigenvalue weighted by Crippen LogP contribution is 2.29. The third-order valence-electron chi connectivity index (χ3n) is 3.46. The maximum Gasteiger partial charge on any atom is 0.227 e. The molecule has 1 aromatic carbocycles. The second kappa shape index (κ2) is 8.10. The molecule has 1 heterocycles. The number of benzene rings is 1. The fourth-order valence-electron chi connectivity index (χ4n) is 2.10. The topological polar surface area (TPSA) is 54.5 Å². The molecular weight excluding hydrogens is 298 g/mol. The van der Waals surface area contributed by atoms with Crippen molar-refractivity contribution in [3.05, 3.63) is 18.2 Å². The monoisotopic (exact) mass is 321 g/mol. The van der Waals surface area contributed by atoms with Crippen LogP contribution >= 0.6 is 11.3 Å². The van der Waals surface area contributed by atoms with Gasteiger partial charge in [-0.3, -0.25) is 4.79 Å². The van der Waals surface area contributed by atoms with Gasteiger partial charge in [-0.25, -0.2) is 4.98 Å². The summed E-state index contributed by atoms with van der Waals surface area (Å²) in [5.41, 5.74) is 0.876. The Labute approximate surface area is 135 Å². The quantitative estimate of drug-likeness (QED) is 0.810. The van der Waals surface area contributed by atoms with Crippen LogP contribution in [0.4, 0.5) is 5.13 Å². The number of thiazole rings is 1. The lowest BCUT2D eigenvalue weighted by Crippen LogP contribution is -2.25. The number of unbranched alkanes of at least 4 members (excludes halogenated alkanes) is 1. The minimum Gasteiger partial charge on any atom is -0.497 e. The van der Waals surface area contributed by atoms with Crippen LogP contribution in [0.25, 0.3) is 10.2 Å². The summed E-state index contributed by atoms with van der Waals surface area (Å²) in [5.74, 6) is 0.806. The zero-order valence-corrected chi connectivity index (χ0v) is 14.2. The van der Waals surface area contributed by atoms with E-state index in [9.17, 15) is 4.79 Å². The molecule has 5 nitrogen and oxygen atoms in total. The van der Waals surface area contributed by atoms with Gasteiger partial charge in [0.15, 0.2) is 5.13 Å². The van der Waals surface area contributed by atoms with E-state index in [2.05, 4.69) is 22.1 Å². The van der Waals surface area contributed by atoms with Crippen LogP contribution in [0.2, 0.25) is 0 Å². The van der Waals surface area contributed by atoms with Gasteiger partial charge in [0, 0.05) is 13.0 Å². The smallest absolute Gasteiger partial charge is 0.227 e. The minimum atomic E-state index is 0.00868. The highest BCUT2D eigenvalue weighted by molar-refractivity contribution is 7.22. The van der Waals surface area contributed by atoms with Gasteiger partial charge >= 0.3 is 0 Å². The van der Waals surface area contributed by atoms with Crippen LogP contribution in [-0.4, -0.2) is 43.0 Å². The number of nitrogens with zero attached hydrogens (tertiary/aromatic N) is 2. The zero-order valence-electron chi connectivity index (χ0n) is 13.4. The lowest BCUT2D eigenvalue weighted by atomic mass is 10.3. The predicted octanol–water partition coefficient (Wildman–Crippen LogP) is 3.37. The number of aromatic nitrogens is 1. The summed E-state index contributed by atoms with van der Waals surface area (Å²) in [6.45, 7) is 3.97. The van der Waals surface area contributed by atoms with Crippen LogP contribution in [0, 0.1) is 0 Å². The first-order valence-electron chi connectivity index (χ1n) is 7.55. The second-order valence-electron chi connectivity index (χ2n) is 5.31. The standard InChI is InChI=1S/C16H23N3O2S/c1-4-5-9-19(2)10-8-15(20)18-16-17-13-7-6-12(21-3)11-14(13)22-16/h6-7,11H,4-5,8-10H2,1-3H3,(H,17,18,20). The van der Waals surface area contributed by atoms with Crippen LogP contribution in [0.5, 0.6) is 5.75 Å². The van der Waals surface area contributed by atoms with Gasteiger partial charge in [-0.15, -0.1) is 0 Å². The van der Waals surface area contributed by atoms with E-state index in [1.165, 1.54) is 17.8 Å². The molecule has 2 aromatic rings. The van der Waals surface area contributed by atoms with E-state index in [1.54, 1.807) is 7.11 Å². The van der Waals surface area contributed by atoms with Crippen LogP contribution in [-0.2, 0) is 4.79 Å². The van der Waals surface area contributed by atoms with Crippen molar-refractivity contribution in [2.45, 2.75) is 26.2 Å². The summed E-state index contributed by atoms with van der Waals surface area (Å²) >= 11 is 1.47. The summed E-state index contributed by atoms with van der Waals surface area (Å²) in [4.78, 5) is 18.6. The van der Waals surface area contributed by atoms with Gasteiger partial charge in [0.1, 0.15) is 5.75 Å². The molecule has 0 atom stereocenters. The number of methoxy groups -OCH3 is 1. The Kier molecular flexibility index (Phi) is 6.15. The van der Waals surface area contributed by atoms with Crippen molar-refractivity contribution >= 4 is 32.6 Å². The third kappa shape index (κ3) is 4.68. The van der Waals surface area contributed by atoms with Crippen LogP contribution < -0.4 is 10.1 Å². The van der Waals surface area contributed by atoms with Crippen LogP contribution in [0.3, 0.4) is 0 Å². The van der Waals surface area contributed by atoms with Crippen LogP contribution in [0.1, 0.15) is 26.2 Å². The molecule has 6 heteroatoms. The molecule has 2 rings (SSSR count). The van der Waals surface area contributed by atoms with Crippen molar-refractivity contribution in [1.82, 2.24) is 9.88 Å². The molecule has 0 bridgehead atoms. The largest absolute Gasteiger partial charge is 0.497 e. The number of amides is 1. The molecule has 120 valence electrons. The van der Waals surface area contributed by atoms with Crippen molar-refractivity contribution in [3.8, 4) is 5.75 Å². The molecule has 0 saturated carbocycles. The van der Waals surface area contributed by atoms with Gasteiger partial charge in [0.2, 0.25) is 5.91 Å². The number of rotatable bonds is 8. The Morgan fingerprint density at radius 3 is 2.95 bits per heavy atom. The van der Waals surface area contributed by atoms with E-state index >= 15 is 0 Å². The maximum atomic E-state index is 12.0. The summed E-state index contributed by atoms with van der Waals surface area (Å²) in [7, 11) is 3.69. The molecule has 1 aromatic heterocycles. The Bertz CT molecular complexity index is 627. The molecule has 0 aliphatic rings. The molecule has 0 fully saturated rings. The fourth-order valence-corrected chi connectivity index (χ4v) is 3.01. The number of hydrogen-bond acceptors (Lipinski definition) is 5. The number of nitrogens with one attached hydrogen (secondary N) is 1. The molecule has 0 unspecified atom stereocenters. The van der Waals surface area contributed by atoms with E-state index in [-0.39, 0.29) is 5.91 Å². The number of ether oxygens (including phenoxy) is 1. The summed E-state index contributed by atoms with van der Waals surface area (Å²) in [6.07, 6.45) is 2.82. The van der Waals surface area contributed by atoms with Crippen molar-refractivity contribution in [1.29, 1.82) is 0 Å². The third-order valence-corrected chi connectivity index (χ3v) is 4.39. The maximum absolute atomic E-state index is 12.0.